The first-order valence-electron chi connectivity index (χ1n) is 9.58. The van der Waals surface area contributed by atoms with Crippen LogP contribution in [0.15, 0.2) is 48.7 Å². The van der Waals surface area contributed by atoms with Gasteiger partial charge in [-0.3, -0.25) is 4.79 Å². The molecule has 4 rings (SSSR count). The van der Waals surface area contributed by atoms with Crippen LogP contribution in [0.4, 0.5) is 4.39 Å². The zero-order valence-corrected chi connectivity index (χ0v) is 18.0. The maximum atomic E-state index is 15.2. The molecule has 1 aliphatic rings. The first-order chi connectivity index (χ1) is 15.0. The van der Waals surface area contributed by atoms with E-state index in [-0.39, 0.29) is 17.7 Å². The molecular weight excluding hydrogens is 425 g/mol. The Morgan fingerprint density at radius 1 is 1.16 bits per heavy atom. The lowest BCUT2D eigenvalue weighted by Gasteiger charge is -2.25. The van der Waals surface area contributed by atoms with Crippen molar-refractivity contribution in [1.29, 1.82) is 0 Å². The molecule has 6 nitrogen and oxygen atoms in total. The Labute approximate surface area is 184 Å². The Hall–Kier alpha value is -3.03. The molecule has 0 fully saturated rings. The Kier molecular flexibility index (Phi) is 5.89. The van der Waals surface area contributed by atoms with E-state index in [1.165, 1.54) is 33.5 Å². The molecule has 2 aromatic carbocycles. The fourth-order valence-electron chi connectivity index (χ4n) is 3.92. The quantitative estimate of drug-likeness (QED) is 0.517. The first-order valence-corrected chi connectivity index (χ1v) is 9.96. The van der Waals surface area contributed by atoms with E-state index in [4.69, 9.17) is 30.5 Å². The third-order valence-corrected chi connectivity index (χ3v) is 5.55. The molecule has 2 heterocycles. The van der Waals surface area contributed by atoms with Gasteiger partial charge in [0.15, 0.2) is 11.5 Å². The average Bonchev–Trinajstić information content (AvgIpc) is 3.22. The molecule has 0 saturated heterocycles. The highest BCUT2D eigenvalue weighted by atomic mass is 35.5. The molecule has 0 N–H and O–H groups in total. The first kappa shape index (κ1) is 21.2. The van der Waals surface area contributed by atoms with Crippen LogP contribution in [0.1, 0.15) is 35.4 Å². The largest absolute Gasteiger partial charge is 0.493 e. The van der Waals surface area contributed by atoms with Crippen LogP contribution < -0.4 is 9.47 Å². The van der Waals surface area contributed by atoms with Gasteiger partial charge in [-0.1, -0.05) is 11.6 Å². The van der Waals surface area contributed by atoms with Gasteiger partial charge in [0.05, 0.1) is 44.7 Å². The topological polar surface area (TPSA) is 58.9 Å². The van der Waals surface area contributed by atoms with Gasteiger partial charge in [0.2, 0.25) is 0 Å². The van der Waals surface area contributed by atoms with Crippen LogP contribution in [0.25, 0.3) is 5.69 Å². The summed E-state index contributed by atoms with van der Waals surface area (Å²) in [5.41, 5.74) is 2.28. The van der Waals surface area contributed by atoms with Gasteiger partial charge in [-0.25, -0.2) is 4.39 Å². The van der Waals surface area contributed by atoms with Gasteiger partial charge >= 0.3 is 5.97 Å². The normalized spacial score (nSPS) is 17.3. The fraction of sp³-hybridized carbons (Fsp3) is 0.261. The molecule has 2 atom stereocenters. The summed E-state index contributed by atoms with van der Waals surface area (Å²) in [6.45, 7) is 0. The van der Waals surface area contributed by atoms with E-state index >= 15 is 4.39 Å². The third kappa shape index (κ3) is 3.75. The Balaban J connectivity index is 1.98. The van der Waals surface area contributed by atoms with Gasteiger partial charge in [-0.15, -0.1) is 0 Å². The standard InChI is InChI=1S/C23H21ClFNO5/c1-28-18-9-7-15(25)21(23(18)30-3)22-14-11-13(24)6-8-16(14)26-10-4-5-17(26)19(31-22)12-20(27)29-2/h4-11,19,22H,12H2,1-3H3. The molecular formula is C23H21ClFNO5. The molecule has 0 radical (unpaired) electrons. The van der Waals surface area contributed by atoms with Crippen LogP contribution in [0.3, 0.4) is 0 Å². The molecule has 31 heavy (non-hydrogen) atoms. The van der Waals surface area contributed by atoms with Crippen molar-refractivity contribution in [3.8, 4) is 17.2 Å². The number of hydrogen-bond donors (Lipinski definition) is 0. The minimum atomic E-state index is -0.923. The molecule has 2 unspecified atom stereocenters. The molecule has 1 aromatic heterocycles. The number of ether oxygens (including phenoxy) is 4. The van der Waals surface area contributed by atoms with Gasteiger partial charge in [0.25, 0.3) is 0 Å². The number of carbonyl (C=O) groups is 1. The minimum absolute atomic E-state index is 0.0490. The predicted octanol–water partition coefficient (Wildman–Crippen LogP) is 5.01. The lowest BCUT2D eigenvalue weighted by molar-refractivity contribution is -0.145. The number of esters is 1. The van der Waals surface area contributed by atoms with E-state index in [2.05, 4.69) is 0 Å². The number of hydrogen-bond acceptors (Lipinski definition) is 5. The van der Waals surface area contributed by atoms with E-state index in [1.807, 2.05) is 29.0 Å². The summed E-state index contributed by atoms with van der Waals surface area (Å²) in [4.78, 5) is 12.1. The Bertz CT molecular complexity index is 1130. The van der Waals surface area contributed by atoms with Crippen LogP contribution in [-0.2, 0) is 14.3 Å². The smallest absolute Gasteiger partial charge is 0.308 e. The zero-order valence-electron chi connectivity index (χ0n) is 17.2. The van der Waals surface area contributed by atoms with Gasteiger partial charge < -0.3 is 23.5 Å². The average molecular weight is 446 g/mol. The lowest BCUT2D eigenvalue weighted by Crippen LogP contribution is -2.16. The maximum absolute atomic E-state index is 15.2. The second kappa shape index (κ2) is 8.61. The molecule has 0 spiro atoms. The second-order valence-electron chi connectivity index (χ2n) is 6.99. The SMILES string of the molecule is COC(=O)CC1OC(c2c(F)ccc(OC)c2OC)c2cc(Cl)ccc2-n2cccc21. The zero-order chi connectivity index (χ0) is 22.1. The number of carbonyl (C=O) groups excluding carboxylic acids is 1. The van der Waals surface area contributed by atoms with Crippen LogP contribution in [-0.4, -0.2) is 31.9 Å². The highest BCUT2D eigenvalue weighted by molar-refractivity contribution is 6.30. The molecule has 0 saturated carbocycles. The van der Waals surface area contributed by atoms with Crippen molar-refractivity contribution in [2.45, 2.75) is 18.6 Å². The van der Waals surface area contributed by atoms with Gasteiger partial charge in [0.1, 0.15) is 18.0 Å². The molecule has 1 aliphatic heterocycles. The van der Waals surface area contributed by atoms with Gasteiger partial charge in [0, 0.05) is 16.8 Å². The van der Waals surface area contributed by atoms with E-state index in [0.29, 0.717) is 16.3 Å². The minimum Gasteiger partial charge on any atom is -0.493 e. The van der Waals surface area contributed by atoms with Crippen molar-refractivity contribution in [3.05, 3.63) is 76.3 Å². The molecule has 0 aliphatic carbocycles. The van der Waals surface area contributed by atoms with Crippen LogP contribution in [0.2, 0.25) is 5.02 Å². The number of benzene rings is 2. The number of aromatic nitrogens is 1. The van der Waals surface area contributed by atoms with Crippen molar-refractivity contribution in [1.82, 2.24) is 4.57 Å². The summed E-state index contributed by atoms with van der Waals surface area (Å²) in [6.07, 6.45) is 0.186. The Morgan fingerprint density at radius 3 is 2.68 bits per heavy atom. The molecule has 0 bridgehead atoms. The summed E-state index contributed by atoms with van der Waals surface area (Å²) >= 11 is 6.31. The van der Waals surface area contributed by atoms with Crippen molar-refractivity contribution in [2.24, 2.45) is 0 Å². The van der Waals surface area contributed by atoms with Crippen molar-refractivity contribution in [3.63, 3.8) is 0 Å². The fourth-order valence-corrected chi connectivity index (χ4v) is 4.10. The number of rotatable bonds is 5. The van der Waals surface area contributed by atoms with E-state index in [9.17, 15) is 4.79 Å². The lowest BCUT2D eigenvalue weighted by atomic mass is 9.97. The van der Waals surface area contributed by atoms with E-state index < -0.39 is 24.0 Å². The summed E-state index contributed by atoms with van der Waals surface area (Å²) < 4.78 is 39.3. The van der Waals surface area contributed by atoms with Crippen LogP contribution >= 0.6 is 11.6 Å². The molecule has 3 aromatic rings. The predicted molar refractivity (Wildman–Crippen MR) is 113 cm³/mol. The molecule has 8 heteroatoms. The monoisotopic (exact) mass is 445 g/mol. The van der Waals surface area contributed by atoms with Crippen molar-refractivity contribution < 1.29 is 28.1 Å². The summed E-state index contributed by atoms with van der Waals surface area (Å²) in [6, 6.07) is 11.8. The van der Waals surface area contributed by atoms with Crippen LogP contribution in [0.5, 0.6) is 11.5 Å². The number of fused-ring (bicyclic) bond motifs is 3. The maximum Gasteiger partial charge on any atom is 0.308 e. The number of nitrogens with zero attached hydrogens (tertiary/aromatic N) is 1. The van der Waals surface area contributed by atoms with Gasteiger partial charge in [-0.2, -0.15) is 0 Å². The third-order valence-electron chi connectivity index (χ3n) is 5.31. The number of halogens is 2. The summed E-state index contributed by atoms with van der Waals surface area (Å²) in [5, 5.41) is 0.467. The molecule has 162 valence electrons. The van der Waals surface area contributed by atoms with Gasteiger partial charge in [-0.05, 0) is 42.5 Å². The number of methoxy groups -OCH3 is 3. The van der Waals surface area contributed by atoms with Crippen LogP contribution in [0, 0.1) is 5.82 Å². The second-order valence-corrected chi connectivity index (χ2v) is 7.42. The highest BCUT2D eigenvalue weighted by Crippen LogP contribution is 2.47. The van der Waals surface area contributed by atoms with E-state index in [0.717, 1.165) is 11.4 Å². The van der Waals surface area contributed by atoms with E-state index in [1.54, 1.807) is 12.1 Å². The summed E-state index contributed by atoms with van der Waals surface area (Å²) in [5.74, 6) is -0.406. The van der Waals surface area contributed by atoms with Crippen molar-refractivity contribution >= 4 is 17.6 Å². The highest BCUT2D eigenvalue weighted by Gasteiger charge is 2.35. The molecule has 0 amide bonds. The Morgan fingerprint density at radius 2 is 1.97 bits per heavy atom. The summed E-state index contributed by atoms with van der Waals surface area (Å²) in [7, 11) is 4.23. The van der Waals surface area contributed by atoms with Crippen molar-refractivity contribution in [2.75, 3.05) is 21.3 Å².